The summed E-state index contributed by atoms with van der Waals surface area (Å²) in [5.41, 5.74) is 1.38. The van der Waals surface area contributed by atoms with Gasteiger partial charge in [0, 0.05) is 12.6 Å². The van der Waals surface area contributed by atoms with Crippen molar-refractivity contribution in [2.75, 3.05) is 7.05 Å². The van der Waals surface area contributed by atoms with Crippen LogP contribution in [0.5, 0.6) is 0 Å². The van der Waals surface area contributed by atoms with Crippen LogP contribution in [0, 0.1) is 5.92 Å². The van der Waals surface area contributed by atoms with Gasteiger partial charge in [-0.3, -0.25) is 15.0 Å². The van der Waals surface area contributed by atoms with Crippen LogP contribution in [-0.4, -0.2) is 35.8 Å². The summed E-state index contributed by atoms with van der Waals surface area (Å²) in [5.74, 6) is -0.876. The standard InChI is InChI=1S/C12H11N3O3/c1-15-11(16)8-9(7-5-3-2-4-6-7)14-18-10(8)13-12(15)17/h2-6,8,10H,1H3,(H,13,17)/t8-,10+/m0/s1. The lowest BCUT2D eigenvalue weighted by Gasteiger charge is -2.29. The maximum atomic E-state index is 12.1. The van der Waals surface area contributed by atoms with Crippen LogP contribution in [-0.2, 0) is 9.63 Å². The van der Waals surface area contributed by atoms with Crippen molar-refractivity contribution >= 4 is 17.6 Å². The lowest BCUT2D eigenvalue weighted by atomic mass is 9.93. The van der Waals surface area contributed by atoms with Crippen LogP contribution in [0.2, 0.25) is 0 Å². The Bertz CT molecular complexity index is 541. The number of fused-ring (bicyclic) bond motifs is 1. The average Bonchev–Trinajstić information content (AvgIpc) is 2.81. The van der Waals surface area contributed by atoms with Gasteiger partial charge in [-0.2, -0.15) is 0 Å². The molecule has 2 heterocycles. The molecule has 1 aromatic rings. The number of hydrogen-bond donors (Lipinski definition) is 1. The molecule has 2 atom stereocenters. The van der Waals surface area contributed by atoms with Crippen molar-refractivity contribution in [2.45, 2.75) is 6.23 Å². The molecule has 0 unspecified atom stereocenters. The third-order valence-corrected chi connectivity index (χ3v) is 3.10. The molecule has 0 aliphatic carbocycles. The molecule has 92 valence electrons. The molecule has 0 spiro atoms. The fraction of sp³-hybridized carbons (Fsp3) is 0.250. The number of nitrogens with zero attached hydrogens (tertiary/aromatic N) is 2. The Morgan fingerprint density at radius 1 is 1.28 bits per heavy atom. The van der Waals surface area contributed by atoms with E-state index < -0.39 is 18.2 Å². The smallest absolute Gasteiger partial charge is 0.326 e. The Labute approximate surface area is 103 Å². The summed E-state index contributed by atoms with van der Waals surface area (Å²) in [5, 5.41) is 6.51. The Kier molecular flexibility index (Phi) is 2.29. The fourth-order valence-electron chi connectivity index (χ4n) is 2.10. The van der Waals surface area contributed by atoms with Gasteiger partial charge >= 0.3 is 6.03 Å². The molecular weight excluding hydrogens is 234 g/mol. The lowest BCUT2D eigenvalue weighted by molar-refractivity contribution is -0.135. The summed E-state index contributed by atoms with van der Waals surface area (Å²) < 4.78 is 0. The molecule has 0 bridgehead atoms. The third kappa shape index (κ3) is 1.46. The van der Waals surface area contributed by atoms with Gasteiger partial charge in [0.2, 0.25) is 12.1 Å². The van der Waals surface area contributed by atoms with Gasteiger partial charge < -0.3 is 4.84 Å². The molecule has 3 amide bonds. The highest BCUT2D eigenvalue weighted by atomic mass is 16.7. The van der Waals surface area contributed by atoms with E-state index in [0.717, 1.165) is 10.5 Å². The molecule has 1 saturated heterocycles. The van der Waals surface area contributed by atoms with E-state index in [-0.39, 0.29) is 5.91 Å². The van der Waals surface area contributed by atoms with E-state index in [9.17, 15) is 9.59 Å². The fourth-order valence-corrected chi connectivity index (χ4v) is 2.10. The van der Waals surface area contributed by atoms with Gasteiger partial charge in [0.1, 0.15) is 11.6 Å². The average molecular weight is 245 g/mol. The maximum Gasteiger partial charge on any atom is 0.326 e. The number of imide groups is 1. The molecule has 0 radical (unpaired) electrons. The van der Waals surface area contributed by atoms with Crippen molar-refractivity contribution in [3.05, 3.63) is 35.9 Å². The van der Waals surface area contributed by atoms with Crippen molar-refractivity contribution in [3.8, 4) is 0 Å². The molecule has 1 aromatic carbocycles. The lowest BCUT2D eigenvalue weighted by Crippen LogP contribution is -2.59. The summed E-state index contributed by atoms with van der Waals surface area (Å²) in [7, 11) is 1.44. The van der Waals surface area contributed by atoms with Crippen LogP contribution < -0.4 is 5.32 Å². The largest absolute Gasteiger partial charge is 0.369 e. The quantitative estimate of drug-likeness (QED) is 0.785. The van der Waals surface area contributed by atoms with Crippen LogP contribution in [0.1, 0.15) is 5.56 Å². The van der Waals surface area contributed by atoms with Crippen LogP contribution in [0.15, 0.2) is 35.5 Å². The van der Waals surface area contributed by atoms with Crippen LogP contribution in [0.3, 0.4) is 0 Å². The second kappa shape index (κ2) is 3.83. The predicted molar refractivity (Wildman–Crippen MR) is 62.6 cm³/mol. The van der Waals surface area contributed by atoms with Gasteiger partial charge in [0.05, 0.1) is 0 Å². The van der Waals surface area contributed by atoms with Crippen molar-refractivity contribution < 1.29 is 14.4 Å². The van der Waals surface area contributed by atoms with E-state index in [1.807, 2.05) is 30.3 Å². The van der Waals surface area contributed by atoms with E-state index in [1.165, 1.54) is 7.05 Å². The van der Waals surface area contributed by atoms with E-state index in [1.54, 1.807) is 0 Å². The van der Waals surface area contributed by atoms with Gasteiger partial charge in [-0.05, 0) is 0 Å². The number of nitrogens with one attached hydrogen (secondary N) is 1. The van der Waals surface area contributed by atoms with Gasteiger partial charge in [-0.15, -0.1) is 0 Å². The zero-order valence-corrected chi connectivity index (χ0v) is 9.66. The Balaban J connectivity index is 1.96. The Morgan fingerprint density at radius 3 is 2.72 bits per heavy atom. The first-order valence-electron chi connectivity index (χ1n) is 5.55. The molecule has 0 aromatic heterocycles. The van der Waals surface area contributed by atoms with Crippen molar-refractivity contribution in [1.29, 1.82) is 0 Å². The van der Waals surface area contributed by atoms with Crippen LogP contribution >= 0.6 is 0 Å². The number of hydrogen-bond acceptors (Lipinski definition) is 4. The SMILES string of the molecule is CN1C(=O)N[C@@H]2ON=C(c3ccccc3)[C@@H]2C1=O. The minimum atomic E-state index is -0.698. The highest BCUT2D eigenvalue weighted by molar-refractivity contribution is 6.17. The molecule has 2 aliphatic heterocycles. The summed E-state index contributed by atoms with van der Waals surface area (Å²) in [6.45, 7) is 0. The van der Waals surface area contributed by atoms with Gasteiger partial charge in [-0.1, -0.05) is 35.5 Å². The number of rotatable bonds is 1. The Morgan fingerprint density at radius 2 is 2.00 bits per heavy atom. The van der Waals surface area contributed by atoms with Crippen molar-refractivity contribution in [1.82, 2.24) is 10.2 Å². The molecule has 18 heavy (non-hydrogen) atoms. The van der Waals surface area contributed by atoms with Gasteiger partial charge in [0.15, 0.2) is 0 Å². The summed E-state index contributed by atoms with van der Waals surface area (Å²) in [6.07, 6.45) is -0.698. The molecule has 0 saturated carbocycles. The second-order valence-corrected chi connectivity index (χ2v) is 4.19. The normalized spacial score (nSPS) is 26.3. The first-order chi connectivity index (χ1) is 8.68. The number of amides is 3. The zero-order valence-electron chi connectivity index (χ0n) is 9.66. The first-order valence-corrected chi connectivity index (χ1v) is 5.55. The molecular formula is C12H11N3O3. The van der Waals surface area contributed by atoms with E-state index >= 15 is 0 Å². The van der Waals surface area contributed by atoms with Crippen molar-refractivity contribution in [2.24, 2.45) is 11.1 Å². The van der Waals surface area contributed by atoms with Crippen LogP contribution in [0.25, 0.3) is 0 Å². The molecule has 6 heteroatoms. The third-order valence-electron chi connectivity index (χ3n) is 3.10. The van der Waals surface area contributed by atoms with Gasteiger partial charge in [-0.25, -0.2) is 4.79 Å². The summed E-state index contributed by atoms with van der Waals surface area (Å²) in [6, 6.07) is 8.85. The topological polar surface area (TPSA) is 71.0 Å². The zero-order chi connectivity index (χ0) is 12.7. The van der Waals surface area contributed by atoms with E-state index in [4.69, 9.17) is 4.84 Å². The predicted octanol–water partition coefficient (Wildman–Crippen LogP) is 0.545. The number of carbonyl (C=O) groups is 2. The highest BCUT2D eigenvalue weighted by Gasteiger charge is 2.47. The van der Waals surface area contributed by atoms with E-state index in [0.29, 0.717) is 5.71 Å². The van der Waals surface area contributed by atoms with E-state index in [2.05, 4.69) is 10.5 Å². The molecule has 1 N–H and O–H groups in total. The first kappa shape index (κ1) is 10.8. The number of benzene rings is 1. The number of oxime groups is 1. The highest BCUT2D eigenvalue weighted by Crippen LogP contribution is 2.26. The molecule has 3 rings (SSSR count). The maximum absolute atomic E-state index is 12.1. The monoisotopic (exact) mass is 245 g/mol. The minimum Gasteiger partial charge on any atom is -0.369 e. The molecule has 2 aliphatic rings. The van der Waals surface area contributed by atoms with Crippen molar-refractivity contribution in [3.63, 3.8) is 0 Å². The second-order valence-electron chi connectivity index (χ2n) is 4.19. The Hall–Kier alpha value is -2.37. The number of urea groups is 1. The minimum absolute atomic E-state index is 0.302. The summed E-state index contributed by atoms with van der Waals surface area (Å²) >= 11 is 0. The number of carbonyl (C=O) groups excluding carboxylic acids is 2. The van der Waals surface area contributed by atoms with Gasteiger partial charge in [0.25, 0.3) is 0 Å². The van der Waals surface area contributed by atoms with Crippen LogP contribution in [0.4, 0.5) is 4.79 Å². The molecule has 6 nitrogen and oxygen atoms in total. The molecule has 1 fully saturated rings. The summed E-state index contributed by atoms with van der Waals surface area (Å²) in [4.78, 5) is 29.7.